The molecule has 0 aliphatic carbocycles. The first-order valence-electron chi connectivity index (χ1n) is 8.66. The molecule has 2 N–H and O–H groups in total. The van der Waals surface area contributed by atoms with E-state index in [9.17, 15) is 18.8 Å². The largest absolute Gasteiger partial charge is 0.354 e. The van der Waals surface area contributed by atoms with E-state index in [2.05, 4.69) is 10.6 Å². The Morgan fingerprint density at radius 1 is 1.15 bits per heavy atom. The number of urea groups is 1. The van der Waals surface area contributed by atoms with Gasteiger partial charge in [-0.25, -0.2) is 9.18 Å². The summed E-state index contributed by atoms with van der Waals surface area (Å²) >= 11 is 0. The van der Waals surface area contributed by atoms with Crippen molar-refractivity contribution in [1.29, 1.82) is 0 Å². The molecule has 0 bridgehead atoms. The van der Waals surface area contributed by atoms with Crippen LogP contribution in [0.3, 0.4) is 0 Å². The van der Waals surface area contributed by atoms with Gasteiger partial charge in [0.25, 0.3) is 5.91 Å². The molecule has 26 heavy (non-hydrogen) atoms. The molecule has 1 atom stereocenters. The Bertz CT molecular complexity index is 648. The Hall–Kier alpha value is -2.64. The quantitative estimate of drug-likeness (QED) is 0.767. The van der Waals surface area contributed by atoms with Crippen molar-refractivity contribution in [3.8, 4) is 0 Å². The second kappa shape index (κ2) is 9.17. The Morgan fingerprint density at radius 2 is 1.81 bits per heavy atom. The first-order valence-corrected chi connectivity index (χ1v) is 8.66. The summed E-state index contributed by atoms with van der Waals surface area (Å²) in [6.07, 6.45) is 1.53. The average molecular weight is 364 g/mol. The van der Waals surface area contributed by atoms with E-state index < -0.39 is 5.82 Å². The first-order chi connectivity index (χ1) is 12.4. The minimum absolute atomic E-state index is 0.0888. The topological polar surface area (TPSA) is 81.8 Å². The van der Waals surface area contributed by atoms with Crippen molar-refractivity contribution in [2.24, 2.45) is 5.92 Å². The molecule has 1 aliphatic heterocycles. The predicted molar refractivity (Wildman–Crippen MR) is 95.1 cm³/mol. The van der Waals surface area contributed by atoms with Crippen LogP contribution in [0.15, 0.2) is 24.3 Å². The van der Waals surface area contributed by atoms with Crippen LogP contribution in [-0.2, 0) is 4.79 Å². The first kappa shape index (κ1) is 19.7. The van der Waals surface area contributed by atoms with Crippen LogP contribution in [0.5, 0.6) is 0 Å². The van der Waals surface area contributed by atoms with Crippen molar-refractivity contribution in [2.45, 2.75) is 12.8 Å². The van der Waals surface area contributed by atoms with Crippen molar-refractivity contribution < 1.29 is 18.8 Å². The molecule has 0 aromatic heterocycles. The number of hydrogen-bond donors (Lipinski definition) is 2. The number of carbonyl (C=O) groups is 3. The van der Waals surface area contributed by atoms with Crippen LogP contribution in [0.1, 0.15) is 23.2 Å². The number of carbonyl (C=O) groups excluding carboxylic acids is 3. The maximum Gasteiger partial charge on any atom is 0.319 e. The van der Waals surface area contributed by atoms with E-state index in [4.69, 9.17) is 0 Å². The highest BCUT2D eigenvalue weighted by Gasteiger charge is 2.28. The molecule has 4 amide bonds. The van der Waals surface area contributed by atoms with Crippen LogP contribution >= 0.6 is 0 Å². The van der Waals surface area contributed by atoms with Crippen molar-refractivity contribution in [2.75, 3.05) is 40.3 Å². The molecule has 0 spiro atoms. The highest BCUT2D eigenvalue weighted by atomic mass is 19.1. The summed E-state index contributed by atoms with van der Waals surface area (Å²) in [6.45, 7) is 1.64. The second-order valence-electron chi connectivity index (χ2n) is 6.52. The fourth-order valence-electron chi connectivity index (χ4n) is 2.86. The van der Waals surface area contributed by atoms with Crippen LogP contribution in [0.25, 0.3) is 0 Å². The molecular formula is C18H25FN4O3. The van der Waals surface area contributed by atoms with Gasteiger partial charge in [-0.2, -0.15) is 0 Å². The maximum absolute atomic E-state index is 12.8. The van der Waals surface area contributed by atoms with Gasteiger partial charge in [0.15, 0.2) is 0 Å². The van der Waals surface area contributed by atoms with Gasteiger partial charge in [0, 0.05) is 45.8 Å². The van der Waals surface area contributed by atoms with Crippen LogP contribution in [0.4, 0.5) is 9.18 Å². The van der Waals surface area contributed by atoms with Gasteiger partial charge in [0.05, 0.1) is 5.92 Å². The molecular weight excluding hydrogens is 339 g/mol. The summed E-state index contributed by atoms with van der Waals surface area (Å²) in [7, 11) is 3.38. The summed E-state index contributed by atoms with van der Waals surface area (Å²) in [5, 5.41) is 5.46. The van der Waals surface area contributed by atoms with Crippen molar-refractivity contribution in [3.63, 3.8) is 0 Å². The lowest BCUT2D eigenvalue weighted by Crippen LogP contribution is -2.49. The molecule has 7 nitrogen and oxygen atoms in total. The molecule has 142 valence electrons. The van der Waals surface area contributed by atoms with Crippen LogP contribution in [-0.4, -0.2) is 67.9 Å². The third-order valence-corrected chi connectivity index (χ3v) is 4.26. The summed E-state index contributed by atoms with van der Waals surface area (Å²) in [5.74, 6) is -1.07. The molecule has 1 heterocycles. The van der Waals surface area contributed by atoms with Crippen molar-refractivity contribution >= 4 is 17.8 Å². The molecule has 1 aromatic carbocycles. The number of halogens is 1. The third kappa shape index (κ3) is 5.44. The highest BCUT2D eigenvalue weighted by Crippen LogP contribution is 2.17. The van der Waals surface area contributed by atoms with E-state index in [1.165, 1.54) is 29.2 Å². The molecule has 1 aliphatic rings. The number of rotatable bonds is 5. The van der Waals surface area contributed by atoms with E-state index in [1.54, 1.807) is 19.0 Å². The van der Waals surface area contributed by atoms with Gasteiger partial charge in [-0.3, -0.25) is 9.59 Å². The van der Waals surface area contributed by atoms with Gasteiger partial charge in [-0.05, 0) is 37.1 Å². The third-order valence-electron chi connectivity index (χ3n) is 4.26. The van der Waals surface area contributed by atoms with Crippen LogP contribution < -0.4 is 10.6 Å². The van der Waals surface area contributed by atoms with Gasteiger partial charge in [-0.1, -0.05) is 0 Å². The standard InChI is InChI=1S/C18H25FN4O3/c1-22(2)18(26)23-11-3-4-14(12-23)17(25)21-10-9-20-16(24)13-5-7-15(19)8-6-13/h5-8,14H,3-4,9-12H2,1-2H3,(H,20,24)(H,21,25). The summed E-state index contributed by atoms with van der Waals surface area (Å²) < 4.78 is 12.8. The summed E-state index contributed by atoms with van der Waals surface area (Å²) in [5.41, 5.74) is 0.364. The minimum atomic E-state index is -0.400. The SMILES string of the molecule is CN(C)C(=O)N1CCCC(C(=O)NCCNC(=O)c2ccc(F)cc2)C1. The van der Waals surface area contributed by atoms with Gasteiger partial charge in [0.1, 0.15) is 5.82 Å². The Labute approximate surface area is 152 Å². The monoisotopic (exact) mass is 364 g/mol. The fourth-order valence-corrected chi connectivity index (χ4v) is 2.86. The lowest BCUT2D eigenvalue weighted by atomic mass is 9.97. The molecule has 0 radical (unpaired) electrons. The molecule has 1 unspecified atom stereocenters. The molecule has 1 aromatic rings. The number of nitrogens with zero attached hydrogens (tertiary/aromatic N) is 2. The number of likely N-dealkylation sites (tertiary alicyclic amines) is 1. The zero-order chi connectivity index (χ0) is 19.1. The Morgan fingerprint density at radius 3 is 2.46 bits per heavy atom. The van der Waals surface area contributed by atoms with Crippen molar-refractivity contribution in [1.82, 2.24) is 20.4 Å². The maximum atomic E-state index is 12.8. The number of benzene rings is 1. The molecule has 8 heteroatoms. The van der Waals surface area contributed by atoms with Gasteiger partial charge >= 0.3 is 6.03 Å². The van der Waals surface area contributed by atoms with Gasteiger partial charge in [-0.15, -0.1) is 0 Å². The normalized spacial score (nSPS) is 16.7. The van der Waals surface area contributed by atoms with E-state index in [0.29, 0.717) is 25.2 Å². The molecule has 2 rings (SSSR count). The van der Waals surface area contributed by atoms with E-state index in [0.717, 1.165) is 12.8 Å². The lowest BCUT2D eigenvalue weighted by Gasteiger charge is -2.33. The second-order valence-corrected chi connectivity index (χ2v) is 6.52. The zero-order valence-electron chi connectivity index (χ0n) is 15.1. The number of amides is 4. The van der Waals surface area contributed by atoms with Crippen LogP contribution in [0, 0.1) is 11.7 Å². The summed E-state index contributed by atoms with van der Waals surface area (Å²) in [4.78, 5) is 39.4. The fraction of sp³-hybridized carbons (Fsp3) is 0.500. The highest BCUT2D eigenvalue weighted by molar-refractivity contribution is 5.94. The number of nitrogens with one attached hydrogen (secondary N) is 2. The zero-order valence-corrected chi connectivity index (χ0v) is 15.1. The minimum Gasteiger partial charge on any atom is -0.354 e. The lowest BCUT2D eigenvalue weighted by molar-refractivity contribution is -0.126. The Kier molecular flexibility index (Phi) is 6.94. The molecule has 0 saturated carbocycles. The van der Waals surface area contributed by atoms with Crippen molar-refractivity contribution in [3.05, 3.63) is 35.6 Å². The van der Waals surface area contributed by atoms with Crippen LogP contribution in [0.2, 0.25) is 0 Å². The Balaban J connectivity index is 1.72. The van der Waals surface area contributed by atoms with Gasteiger partial charge < -0.3 is 20.4 Å². The van der Waals surface area contributed by atoms with E-state index >= 15 is 0 Å². The number of piperidine rings is 1. The molecule has 1 fully saturated rings. The smallest absolute Gasteiger partial charge is 0.319 e. The average Bonchev–Trinajstić information content (AvgIpc) is 2.64. The molecule has 1 saturated heterocycles. The van der Waals surface area contributed by atoms with Gasteiger partial charge in [0.2, 0.25) is 5.91 Å². The summed E-state index contributed by atoms with van der Waals surface area (Å²) in [6, 6.07) is 5.17. The van der Waals surface area contributed by atoms with E-state index in [1.807, 2.05) is 0 Å². The number of hydrogen-bond acceptors (Lipinski definition) is 3. The van der Waals surface area contributed by atoms with E-state index in [-0.39, 0.29) is 30.3 Å². The predicted octanol–water partition coefficient (Wildman–Crippen LogP) is 1.07.